The van der Waals surface area contributed by atoms with Crippen molar-refractivity contribution in [3.63, 3.8) is 0 Å². The molecule has 2 aromatic carbocycles. The summed E-state index contributed by atoms with van der Waals surface area (Å²) in [4.78, 5) is 29.5. The Morgan fingerprint density at radius 1 is 1.13 bits per heavy atom. The Labute approximate surface area is 180 Å². The lowest BCUT2D eigenvalue weighted by Gasteiger charge is -2.36. The fourth-order valence-electron chi connectivity index (χ4n) is 6.02. The third kappa shape index (κ3) is 2.47. The van der Waals surface area contributed by atoms with Gasteiger partial charge in [-0.05, 0) is 55.4 Å². The van der Waals surface area contributed by atoms with Gasteiger partial charge in [-0.1, -0.05) is 30.3 Å². The molecule has 2 aromatic rings. The first-order valence-corrected chi connectivity index (χ1v) is 12.0. The van der Waals surface area contributed by atoms with Crippen LogP contribution in [0.2, 0.25) is 0 Å². The van der Waals surface area contributed by atoms with E-state index in [9.17, 15) is 9.59 Å². The summed E-state index contributed by atoms with van der Waals surface area (Å²) < 4.78 is 0. The van der Waals surface area contributed by atoms with E-state index in [0.717, 1.165) is 54.3 Å². The van der Waals surface area contributed by atoms with Gasteiger partial charge in [-0.15, -0.1) is 11.8 Å². The van der Waals surface area contributed by atoms with Gasteiger partial charge in [-0.25, -0.2) is 0 Å². The molecule has 30 heavy (non-hydrogen) atoms. The lowest BCUT2D eigenvalue weighted by molar-refractivity contribution is -0.134. The van der Waals surface area contributed by atoms with E-state index in [1.165, 1.54) is 17.5 Å². The zero-order chi connectivity index (χ0) is 20.3. The molecule has 4 aliphatic rings. The van der Waals surface area contributed by atoms with Crippen LogP contribution in [0.4, 0.5) is 11.4 Å². The predicted octanol–water partition coefficient (Wildman–Crippen LogP) is 3.75. The summed E-state index contributed by atoms with van der Waals surface area (Å²) in [6.45, 7) is 0. The normalized spacial score (nSPS) is 29.4. The number of carbonyl (C=O) groups excluding carboxylic acids is 2. The van der Waals surface area contributed by atoms with E-state index in [1.807, 2.05) is 48.2 Å². The number of aryl methyl sites for hydroxylation is 1. The molecule has 2 N–H and O–H groups in total. The Balaban J connectivity index is 1.41. The average molecular weight is 420 g/mol. The zero-order valence-corrected chi connectivity index (χ0v) is 17.6. The Kier molecular flexibility index (Phi) is 4.22. The van der Waals surface area contributed by atoms with E-state index in [4.69, 9.17) is 0 Å². The van der Waals surface area contributed by atoms with E-state index in [-0.39, 0.29) is 17.9 Å². The van der Waals surface area contributed by atoms with E-state index >= 15 is 0 Å². The van der Waals surface area contributed by atoms with Crippen molar-refractivity contribution in [3.8, 4) is 0 Å². The number of nitrogens with one attached hydrogen (secondary N) is 2. The topological polar surface area (TPSA) is 61.4 Å². The number of hydrogen-bond donors (Lipinski definition) is 2. The lowest BCUT2D eigenvalue weighted by atomic mass is 9.78. The maximum Gasteiger partial charge on any atom is 0.250 e. The fraction of sp³-hybridized carbons (Fsp3) is 0.417. The van der Waals surface area contributed by atoms with Crippen molar-refractivity contribution in [2.45, 2.75) is 43.7 Å². The monoisotopic (exact) mass is 419 g/mol. The molecule has 0 aromatic heterocycles. The number of fused-ring (bicyclic) bond motifs is 5. The number of thioether (sulfide) groups is 1. The van der Waals surface area contributed by atoms with Crippen LogP contribution in [0.25, 0.3) is 0 Å². The van der Waals surface area contributed by atoms with E-state index in [0.29, 0.717) is 0 Å². The van der Waals surface area contributed by atoms with Gasteiger partial charge in [-0.2, -0.15) is 0 Å². The van der Waals surface area contributed by atoms with Crippen molar-refractivity contribution in [2.24, 2.45) is 5.92 Å². The van der Waals surface area contributed by atoms with E-state index in [2.05, 4.69) is 21.6 Å². The van der Waals surface area contributed by atoms with Gasteiger partial charge in [0.1, 0.15) is 5.54 Å². The number of para-hydroxylation sites is 1. The highest BCUT2D eigenvalue weighted by Gasteiger charge is 2.65. The van der Waals surface area contributed by atoms with Crippen LogP contribution in [-0.4, -0.2) is 34.4 Å². The summed E-state index contributed by atoms with van der Waals surface area (Å²) in [5.41, 5.74) is 4.45. The smallest absolute Gasteiger partial charge is 0.250 e. The van der Waals surface area contributed by atoms with Crippen LogP contribution in [0, 0.1) is 5.92 Å². The molecule has 2 saturated heterocycles. The van der Waals surface area contributed by atoms with Crippen LogP contribution in [-0.2, 0) is 28.0 Å². The molecule has 0 saturated carbocycles. The fourth-order valence-corrected chi connectivity index (χ4v) is 7.33. The van der Waals surface area contributed by atoms with Crippen molar-refractivity contribution < 1.29 is 9.59 Å². The number of carbonyl (C=O) groups is 2. The van der Waals surface area contributed by atoms with Crippen LogP contribution in [0.3, 0.4) is 0 Å². The Hall–Kier alpha value is -2.31. The molecule has 154 valence electrons. The molecule has 0 radical (unpaired) electrons. The molecule has 3 atom stereocenters. The average Bonchev–Trinajstić information content (AvgIpc) is 3.43. The molecule has 6 heteroatoms. The second-order valence-corrected chi connectivity index (χ2v) is 9.82. The second kappa shape index (κ2) is 6.86. The SMILES string of the molecule is O=C(Nc1cccc2c1CCCC2)C1CC2CSCN2C12C(=O)Nc1ccccc12. The number of anilines is 2. The quantitative estimate of drug-likeness (QED) is 0.778. The molecular weight excluding hydrogens is 394 g/mol. The lowest BCUT2D eigenvalue weighted by Crippen LogP contribution is -2.53. The maximum atomic E-state index is 13.7. The number of rotatable bonds is 2. The molecule has 1 aliphatic carbocycles. The summed E-state index contributed by atoms with van der Waals surface area (Å²) >= 11 is 1.85. The summed E-state index contributed by atoms with van der Waals surface area (Å²) in [6, 6.07) is 14.4. The Morgan fingerprint density at radius 3 is 2.93 bits per heavy atom. The zero-order valence-electron chi connectivity index (χ0n) is 16.8. The Morgan fingerprint density at radius 2 is 2.00 bits per heavy atom. The van der Waals surface area contributed by atoms with Crippen LogP contribution >= 0.6 is 11.8 Å². The summed E-state index contributed by atoms with van der Waals surface area (Å²) in [7, 11) is 0. The molecule has 1 spiro atoms. The second-order valence-electron chi connectivity index (χ2n) is 8.82. The van der Waals surface area contributed by atoms with Crippen LogP contribution in [0.15, 0.2) is 42.5 Å². The predicted molar refractivity (Wildman–Crippen MR) is 120 cm³/mol. The van der Waals surface area contributed by atoms with Crippen molar-refractivity contribution in [1.82, 2.24) is 4.90 Å². The van der Waals surface area contributed by atoms with Gasteiger partial charge >= 0.3 is 0 Å². The molecule has 2 fully saturated rings. The number of amides is 2. The molecule has 0 bridgehead atoms. The van der Waals surface area contributed by atoms with Crippen molar-refractivity contribution in [2.75, 3.05) is 22.3 Å². The highest BCUT2D eigenvalue weighted by molar-refractivity contribution is 7.99. The molecule has 3 aliphatic heterocycles. The van der Waals surface area contributed by atoms with Gasteiger partial charge in [-0.3, -0.25) is 14.5 Å². The molecule has 3 heterocycles. The van der Waals surface area contributed by atoms with Crippen molar-refractivity contribution in [1.29, 1.82) is 0 Å². The van der Waals surface area contributed by atoms with E-state index < -0.39 is 11.5 Å². The summed E-state index contributed by atoms with van der Waals surface area (Å²) in [5, 5.41) is 6.32. The largest absolute Gasteiger partial charge is 0.326 e. The first-order valence-electron chi connectivity index (χ1n) is 10.9. The van der Waals surface area contributed by atoms with Crippen LogP contribution < -0.4 is 10.6 Å². The number of benzene rings is 2. The highest BCUT2D eigenvalue weighted by atomic mass is 32.2. The van der Waals surface area contributed by atoms with Crippen molar-refractivity contribution >= 4 is 35.0 Å². The van der Waals surface area contributed by atoms with Gasteiger partial charge in [0.25, 0.3) is 0 Å². The number of hydrogen-bond acceptors (Lipinski definition) is 4. The first kappa shape index (κ1) is 18.5. The Bertz CT molecular complexity index is 1050. The summed E-state index contributed by atoms with van der Waals surface area (Å²) in [5.74, 6) is 1.29. The number of nitrogens with zero attached hydrogens (tertiary/aromatic N) is 1. The third-order valence-corrected chi connectivity index (χ3v) is 8.43. The minimum absolute atomic E-state index is 0.0276. The first-order chi connectivity index (χ1) is 14.7. The molecule has 3 unspecified atom stereocenters. The molecular formula is C24H25N3O2S. The van der Waals surface area contributed by atoms with Gasteiger partial charge in [0.15, 0.2) is 0 Å². The third-order valence-electron chi connectivity index (χ3n) is 7.35. The van der Waals surface area contributed by atoms with Crippen LogP contribution in [0.5, 0.6) is 0 Å². The maximum absolute atomic E-state index is 13.7. The molecule has 6 rings (SSSR count). The van der Waals surface area contributed by atoms with Crippen molar-refractivity contribution in [3.05, 3.63) is 59.2 Å². The minimum Gasteiger partial charge on any atom is -0.326 e. The van der Waals surface area contributed by atoms with Crippen LogP contribution in [0.1, 0.15) is 36.0 Å². The molecule has 5 nitrogen and oxygen atoms in total. The van der Waals surface area contributed by atoms with Gasteiger partial charge in [0.05, 0.1) is 5.92 Å². The molecule has 2 amide bonds. The van der Waals surface area contributed by atoms with Gasteiger partial charge in [0.2, 0.25) is 11.8 Å². The minimum atomic E-state index is -0.899. The summed E-state index contributed by atoms with van der Waals surface area (Å²) in [6.07, 6.45) is 5.18. The van der Waals surface area contributed by atoms with E-state index in [1.54, 1.807) is 0 Å². The standard InChI is InChI=1S/C24H25N3O2S/c28-22(25-20-11-5-7-15-6-1-2-8-17(15)20)19-12-16-13-30-14-27(16)24(19)18-9-3-4-10-21(18)26-23(24)29/h3-5,7,9-11,16,19H,1-2,6,8,12-14H2,(H,25,28)(H,26,29). The van der Waals surface area contributed by atoms with Gasteiger partial charge < -0.3 is 10.6 Å². The highest BCUT2D eigenvalue weighted by Crippen LogP contribution is 2.55. The van der Waals surface area contributed by atoms with Gasteiger partial charge in [0, 0.05) is 34.6 Å².